The van der Waals surface area contributed by atoms with Crippen LogP contribution in [0.3, 0.4) is 0 Å². The summed E-state index contributed by atoms with van der Waals surface area (Å²) in [6, 6.07) is 12.1. The van der Waals surface area contributed by atoms with Gasteiger partial charge in [-0.3, -0.25) is 9.47 Å². The van der Waals surface area contributed by atoms with Crippen molar-refractivity contribution in [3.8, 4) is 28.5 Å². The number of amides is 1. The molecule has 0 spiro atoms. The first kappa shape index (κ1) is 34.6. The van der Waals surface area contributed by atoms with Crippen LogP contribution in [0.4, 0.5) is 4.79 Å². The number of nitrogens with zero attached hydrogens (tertiary/aromatic N) is 4. The van der Waals surface area contributed by atoms with Crippen molar-refractivity contribution in [2.45, 2.75) is 25.4 Å². The number of benzene rings is 2. The third-order valence-electron chi connectivity index (χ3n) is 6.76. The highest BCUT2D eigenvalue weighted by Crippen LogP contribution is 2.26. The second-order valence-electron chi connectivity index (χ2n) is 9.90. The van der Waals surface area contributed by atoms with Gasteiger partial charge in [0.1, 0.15) is 23.6 Å². The van der Waals surface area contributed by atoms with E-state index in [1.54, 1.807) is 37.4 Å². The molecule has 4 rings (SSSR count). The summed E-state index contributed by atoms with van der Waals surface area (Å²) in [4.78, 5) is 40.7. The predicted octanol–water partition coefficient (Wildman–Crippen LogP) is 2.43. The summed E-state index contributed by atoms with van der Waals surface area (Å²) in [6.07, 6.45) is 5.96. The number of rotatable bonds is 10. The van der Waals surface area contributed by atoms with Crippen LogP contribution in [0.1, 0.15) is 18.4 Å². The molecule has 0 bridgehead atoms. The van der Waals surface area contributed by atoms with E-state index in [9.17, 15) is 22.8 Å². The van der Waals surface area contributed by atoms with Gasteiger partial charge in [-0.1, -0.05) is 0 Å². The van der Waals surface area contributed by atoms with Gasteiger partial charge >= 0.3 is 28.3 Å². The fourth-order valence-corrected chi connectivity index (χ4v) is 4.93. The van der Waals surface area contributed by atoms with E-state index < -0.39 is 22.2 Å². The van der Waals surface area contributed by atoms with Gasteiger partial charge in [-0.25, -0.2) is 19.4 Å². The Balaban J connectivity index is 0.000000610. The molecular formula is C29H35N5O10S. The SMILES string of the molecule is COc1cc(CN2CCC(N(C)C(=O)n3cnc(-c4ccc(OS(N)(=O)=O)cc4)c3)CC2)cc(OC)c1.O=C(O)/C=C\C(=O)O. The van der Waals surface area contributed by atoms with Gasteiger partial charge in [-0.05, 0) is 54.8 Å². The minimum Gasteiger partial charge on any atom is -0.497 e. The topological polar surface area (TPSA) is 204 Å². The first-order valence-corrected chi connectivity index (χ1v) is 15.0. The Kier molecular flexibility index (Phi) is 12.1. The van der Waals surface area contributed by atoms with Crippen molar-refractivity contribution >= 4 is 28.3 Å². The summed E-state index contributed by atoms with van der Waals surface area (Å²) in [5.74, 6) is -0.887. The number of aromatic nitrogens is 2. The van der Waals surface area contributed by atoms with E-state index in [1.807, 2.05) is 25.2 Å². The van der Waals surface area contributed by atoms with Gasteiger partial charge in [0, 0.05) is 62.7 Å². The smallest absolute Gasteiger partial charge is 0.380 e. The predicted molar refractivity (Wildman–Crippen MR) is 162 cm³/mol. The zero-order chi connectivity index (χ0) is 33.1. The number of piperidine rings is 1. The van der Waals surface area contributed by atoms with Crippen molar-refractivity contribution in [3.63, 3.8) is 0 Å². The second kappa shape index (κ2) is 15.7. The summed E-state index contributed by atoms with van der Waals surface area (Å²) in [5.41, 5.74) is 2.40. The standard InChI is InChI=1S/C25H31N5O6S.C4H4O4/c1-28(20-8-10-29(11-9-20)15-18-12-22(34-2)14-23(13-18)35-3)25(31)30-16-24(27-17-30)19-4-6-21(7-5-19)36-37(26,32)33;5-3(6)1-2-4(7)8/h4-7,12-14,16-17,20H,8-11,15H2,1-3H3,(H2,26,32,33);1-2H,(H,5,6)(H,7,8)/b;2-1-. The van der Waals surface area contributed by atoms with Crippen LogP contribution in [0.25, 0.3) is 11.3 Å². The average molecular weight is 646 g/mol. The number of likely N-dealkylation sites (tertiary alicyclic amines) is 1. The van der Waals surface area contributed by atoms with E-state index in [-0.39, 0.29) is 17.8 Å². The molecule has 1 amide bonds. The molecule has 2 heterocycles. The van der Waals surface area contributed by atoms with Gasteiger partial charge in [0.25, 0.3) is 0 Å². The molecule has 242 valence electrons. The van der Waals surface area contributed by atoms with Crippen molar-refractivity contribution in [3.05, 3.63) is 72.7 Å². The molecule has 3 aromatic rings. The van der Waals surface area contributed by atoms with E-state index in [1.165, 1.54) is 23.0 Å². The Labute approximate surface area is 260 Å². The molecule has 2 aromatic carbocycles. The third kappa shape index (κ3) is 10.9. The van der Waals surface area contributed by atoms with Gasteiger partial charge in [-0.2, -0.15) is 13.6 Å². The lowest BCUT2D eigenvalue weighted by atomic mass is 10.0. The van der Waals surface area contributed by atoms with E-state index in [4.69, 9.17) is 24.8 Å². The quantitative estimate of drug-likeness (QED) is 0.272. The van der Waals surface area contributed by atoms with Crippen molar-refractivity contribution < 1.29 is 46.7 Å². The van der Waals surface area contributed by atoms with Crippen LogP contribution in [0.5, 0.6) is 17.2 Å². The van der Waals surface area contributed by atoms with Crippen LogP contribution >= 0.6 is 0 Å². The van der Waals surface area contributed by atoms with E-state index >= 15 is 0 Å². The summed E-state index contributed by atoms with van der Waals surface area (Å²) in [5, 5.41) is 20.5. The molecule has 0 radical (unpaired) electrons. The number of carboxylic acid groups (broad SMARTS) is 2. The van der Waals surface area contributed by atoms with Gasteiger partial charge < -0.3 is 28.8 Å². The average Bonchev–Trinajstić information content (AvgIpc) is 3.50. The van der Waals surface area contributed by atoms with Crippen LogP contribution in [-0.4, -0.2) is 96.4 Å². The maximum absolute atomic E-state index is 13.1. The van der Waals surface area contributed by atoms with Gasteiger partial charge in [0.15, 0.2) is 0 Å². The number of hydrogen-bond acceptors (Lipinski definition) is 10. The molecule has 15 nitrogen and oxygen atoms in total. The lowest BCUT2D eigenvalue weighted by molar-refractivity contribution is -0.134. The number of carbonyl (C=O) groups excluding carboxylic acids is 1. The number of imidazole rings is 1. The highest BCUT2D eigenvalue weighted by Gasteiger charge is 2.26. The summed E-state index contributed by atoms with van der Waals surface area (Å²) >= 11 is 0. The largest absolute Gasteiger partial charge is 0.497 e. The molecule has 1 aliphatic heterocycles. The number of ether oxygens (including phenoxy) is 2. The zero-order valence-corrected chi connectivity index (χ0v) is 25.7. The number of aliphatic carboxylic acids is 2. The molecule has 1 fully saturated rings. The molecule has 4 N–H and O–H groups in total. The first-order valence-electron chi connectivity index (χ1n) is 13.5. The molecule has 16 heteroatoms. The normalized spacial score (nSPS) is 13.9. The fraction of sp³-hybridized carbons (Fsp3) is 0.310. The Hall–Kier alpha value is -4.93. The molecule has 1 aliphatic rings. The second-order valence-corrected chi connectivity index (χ2v) is 11.1. The molecule has 0 saturated carbocycles. The Morgan fingerprint density at radius 1 is 0.978 bits per heavy atom. The zero-order valence-electron chi connectivity index (χ0n) is 24.9. The molecular weight excluding hydrogens is 610 g/mol. The summed E-state index contributed by atoms with van der Waals surface area (Å²) < 4.78 is 39.0. The number of nitrogens with two attached hydrogens (primary N) is 1. The van der Waals surface area contributed by atoms with Crippen LogP contribution in [0, 0.1) is 0 Å². The van der Waals surface area contributed by atoms with Crippen LogP contribution < -0.4 is 18.8 Å². The van der Waals surface area contributed by atoms with E-state index in [0.717, 1.165) is 49.5 Å². The molecule has 1 aromatic heterocycles. The van der Waals surface area contributed by atoms with E-state index in [0.29, 0.717) is 23.4 Å². The van der Waals surface area contributed by atoms with Crippen LogP contribution in [0.2, 0.25) is 0 Å². The van der Waals surface area contributed by atoms with Gasteiger partial charge in [0.2, 0.25) is 0 Å². The number of methoxy groups -OCH3 is 2. The minimum absolute atomic E-state index is 0.0957. The van der Waals surface area contributed by atoms with Crippen molar-refractivity contribution in [2.75, 3.05) is 34.4 Å². The minimum atomic E-state index is -4.09. The van der Waals surface area contributed by atoms with Crippen LogP contribution in [-0.2, 0) is 26.4 Å². The summed E-state index contributed by atoms with van der Waals surface area (Å²) in [7, 11) is 1.01. The lowest BCUT2D eigenvalue weighted by Gasteiger charge is -2.36. The number of carboxylic acids is 2. The monoisotopic (exact) mass is 645 g/mol. The first-order chi connectivity index (χ1) is 21.3. The third-order valence-corrected chi connectivity index (χ3v) is 7.18. The summed E-state index contributed by atoms with van der Waals surface area (Å²) in [6.45, 7) is 2.51. The Morgan fingerprint density at radius 2 is 1.53 bits per heavy atom. The fourth-order valence-electron chi connectivity index (χ4n) is 4.55. The Morgan fingerprint density at radius 3 is 2.02 bits per heavy atom. The number of hydrogen-bond donors (Lipinski definition) is 3. The highest BCUT2D eigenvalue weighted by molar-refractivity contribution is 7.84. The molecule has 45 heavy (non-hydrogen) atoms. The molecule has 1 saturated heterocycles. The van der Waals surface area contributed by atoms with Crippen LogP contribution in [0.15, 0.2) is 67.1 Å². The van der Waals surface area contributed by atoms with Crippen molar-refractivity contribution in [1.29, 1.82) is 0 Å². The van der Waals surface area contributed by atoms with Crippen molar-refractivity contribution in [1.82, 2.24) is 19.4 Å². The van der Waals surface area contributed by atoms with Gasteiger partial charge in [-0.15, -0.1) is 0 Å². The molecule has 0 unspecified atom stereocenters. The molecule has 0 aliphatic carbocycles. The maximum atomic E-state index is 13.1. The van der Waals surface area contributed by atoms with Crippen molar-refractivity contribution in [2.24, 2.45) is 5.14 Å². The number of carbonyl (C=O) groups is 3. The highest BCUT2D eigenvalue weighted by atomic mass is 32.2. The Bertz CT molecular complexity index is 1580. The maximum Gasteiger partial charge on any atom is 0.380 e. The van der Waals surface area contributed by atoms with Gasteiger partial charge in [0.05, 0.1) is 19.9 Å². The molecule has 0 atom stereocenters. The van der Waals surface area contributed by atoms with E-state index in [2.05, 4.69) is 14.1 Å². The lowest BCUT2D eigenvalue weighted by Crippen LogP contribution is -2.46.